The Labute approximate surface area is 92.1 Å². The molecule has 0 fully saturated rings. The second-order valence-corrected chi connectivity index (χ2v) is 3.23. The summed E-state index contributed by atoms with van der Waals surface area (Å²) in [5.41, 5.74) is 11.8. The molecule has 5 heteroatoms. The Balaban J connectivity index is 2.39. The fourth-order valence-corrected chi connectivity index (χ4v) is 1.23. The van der Waals surface area contributed by atoms with Crippen molar-refractivity contribution in [3.63, 3.8) is 0 Å². The minimum absolute atomic E-state index is 0.0536. The molecule has 2 aromatic rings. The van der Waals surface area contributed by atoms with Crippen molar-refractivity contribution in [2.24, 2.45) is 0 Å². The number of carbonyl (C=O) groups excluding carboxylic acids is 1. The standard InChI is InChI=1S/C11H10N4O/c12-8-6-14-11(15-10(8)13)9(16)7-4-2-1-3-5-7/h1-6H,12H2,(H2,13,14,15). The molecule has 0 bridgehead atoms. The predicted octanol–water partition coefficient (Wildman–Crippen LogP) is 0.872. The van der Waals surface area contributed by atoms with Gasteiger partial charge in [0.25, 0.3) is 0 Å². The van der Waals surface area contributed by atoms with Gasteiger partial charge in [0.15, 0.2) is 5.82 Å². The Morgan fingerprint density at radius 1 is 1.12 bits per heavy atom. The smallest absolute Gasteiger partial charge is 0.230 e. The van der Waals surface area contributed by atoms with Gasteiger partial charge in [-0.2, -0.15) is 0 Å². The highest BCUT2D eigenvalue weighted by Gasteiger charge is 2.12. The predicted molar refractivity (Wildman–Crippen MR) is 60.7 cm³/mol. The van der Waals surface area contributed by atoms with E-state index in [1.807, 2.05) is 6.07 Å². The van der Waals surface area contributed by atoms with Crippen LogP contribution in [-0.2, 0) is 0 Å². The highest BCUT2D eigenvalue weighted by atomic mass is 16.1. The van der Waals surface area contributed by atoms with Crippen molar-refractivity contribution < 1.29 is 4.79 Å². The molecule has 0 aliphatic carbocycles. The molecule has 0 unspecified atom stereocenters. The molecular formula is C11H10N4O. The van der Waals surface area contributed by atoms with Crippen molar-refractivity contribution in [3.05, 3.63) is 47.9 Å². The Bertz CT molecular complexity index is 525. The number of carbonyl (C=O) groups is 1. The number of nitrogens with zero attached hydrogens (tertiary/aromatic N) is 2. The molecule has 2 rings (SSSR count). The van der Waals surface area contributed by atoms with Crippen LogP contribution >= 0.6 is 0 Å². The lowest BCUT2D eigenvalue weighted by Crippen LogP contribution is -2.10. The van der Waals surface area contributed by atoms with Crippen LogP contribution in [0, 0.1) is 0 Å². The summed E-state index contributed by atoms with van der Waals surface area (Å²) in [4.78, 5) is 19.6. The number of nitrogen functional groups attached to an aromatic ring is 2. The van der Waals surface area contributed by atoms with Crippen LogP contribution in [-0.4, -0.2) is 15.8 Å². The number of ketones is 1. The average Bonchev–Trinajstić information content (AvgIpc) is 2.33. The number of nitrogens with two attached hydrogens (primary N) is 2. The summed E-state index contributed by atoms with van der Waals surface area (Å²) >= 11 is 0. The van der Waals surface area contributed by atoms with E-state index in [0.29, 0.717) is 5.56 Å². The van der Waals surface area contributed by atoms with Crippen LogP contribution < -0.4 is 11.5 Å². The zero-order valence-electron chi connectivity index (χ0n) is 8.42. The van der Waals surface area contributed by atoms with Crippen molar-refractivity contribution in [2.75, 3.05) is 11.5 Å². The van der Waals surface area contributed by atoms with Crippen molar-refractivity contribution in [1.82, 2.24) is 9.97 Å². The van der Waals surface area contributed by atoms with E-state index in [0.717, 1.165) is 0 Å². The van der Waals surface area contributed by atoms with Crippen LogP contribution in [0.15, 0.2) is 36.5 Å². The largest absolute Gasteiger partial charge is 0.394 e. The minimum Gasteiger partial charge on any atom is -0.394 e. The number of aromatic nitrogens is 2. The van der Waals surface area contributed by atoms with Crippen LogP contribution in [0.5, 0.6) is 0 Å². The van der Waals surface area contributed by atoms with Gasteiger partial charge >= 0.3 is 0 Å². The highest BCUT2D eigenvalue weighted by Crippen LogP contribution is 2.11. The van der Waals surface area contributed by atoms with Crippen LogP contribution in [0.4, 0.5) is 11.5 Å². The first kappa shape index (κ1) is 10.1. The normalized spacial score (nSPS) is 10.0. The van der Waals surface area contributed by atoms with E-state index in [-0.39, 0.29) is 23.1 Å². The molecular weight excluding hydrogens is 204 g/mol. The second-order valence-electron chi connectivity index (χ2n) is 3.23. The maximum atomic E-state index is 11.9. The van der Waals surface area contributed by atoms with Gasteiger partial charge < -0.3 is 11.5 Å². The molecule has 0 saturated carbocycles. The fraction of sp³-hybridized carbons (Fsp3) is 0. The number of hydrogen-bond acceptors (Lipinski definition) is 5. The molecule has 0 atom stereocenters. The van der Waals surface area contributed by atoms with Crippen molar-refractivity contribution in [2.45, 2.75) is 0 Å². The number of hydrogen-bond donors (Lipinski definition) is 2. The van der Waals surface area contributed by atoms with Crippen LogP contribution in [0.1, 0.15) is 16.2 Å². The molecule has 0 aliphatic rings. The fourth-order valence-electron chi connectivity index (χ4n) is 1.23. The summed E-state index contributed by atoms with van der Waals surface area (Å²) in [5, 5.41) is 0. The third kappa shape index (κ3) is 1.83. The summed E-state index contributed by atoms with van der Waals surface area (Å²) < 4.78 is 0. The lowest BCUT2D eigenvalue weighted by molar-refractivity contribution is 0.102. The topological polar surface area (TPSA) is 94.9 Å². The van der Waals surface area contributed by atoms with E-state index in [1.54, 1.807) is 24.3 Å². The van der Waals surface area contributed by atoms with Crippen molar-refractivity contribution in [1.29, 1.82) is 0 Å². The molecule has 16 heavy (non-hydrogen) atoms. The Hall–Kier alpha value is -2.43. The van der Waals surface area contributed by atoms with Gasteiger partial charge in [0.05, 0.1) is 11.9 Å². The Morgan fingerprint density at radius 3 is 2.44 bits per heavy atom. The van der Waals surface area contributed by atoms with E-state index < -0.39 is 0 Å². The zero-order valence-corrected chi connectivity index (χ0v) is 8.42. The molecule has 1 aromatic heterocycles. The van der Waals surface area contributed by atoms with Gasteiger partial charge in [-0.25, -0.2) is 9.97 Å². The van der Waals surface area contributed by atoms with Crippen molar-refractivity contribution >= 4 is 17.3 Å². The molecule has 4 N–H and O–H groups in total. The minimum atomic E-state index is -0.271. The Kier molecular flexibility index (Phi) is 2.51. The SMILES string of the molecule is Nc1cnc(C(=O)c2ccccc2)nc1N. The molecule has 1 heterocycles. The third-order valence-electron chi connectivity index (χ3n) is 2.09. The summed E-state index contributed by atoms with van der Waals surface area (Å²) in [7, 11) is 0. The van der Waals surface area contributed by atoms with Crippen LogP contribution in [0.2, 0.25) is 0 Å². The van der Waals surface area contributed by atoms with Gasteiger partial charge in [0.1, 0.15) is 0 Å². The number of anilines is 2. The molecule has 0 amide bonds. The van der Waals surface area contributed by atoms with E-state index >= 15 is 0 Å². The highest BCUT2D eigenvalue weighted by molar-refractivity contribution is 6.06. The molecule has 0 saturated heterocycles. The first-order valence-electron chi connectivity index (χ1n) is 4.66. The van der Waals surface area contributed by atoms with Gasteiger partial charge in [0.2, 0.25) is 11.6 Å². The van der Waals surface area contributed by atoms with Gasteiger partial charge in [0, 0.05) is 5.56 Å². The summed E-state index contributed by atoms with van der Waals surface area (Å²) in [6.45, 7) is 0. The first-order valence-corrected chi connectivity index (χ1v) is 4.66. The average molecular weight is 214 g/mol. The van der Waals surface area contributed by atoms with Crippen LogP contribution in [0.25, 0.3) is 0 Å². The van der Waals surface area contributed by atoms with Crippen LogP contribution in [0.3, 0.4) is 0 Å². The maximum absolute atomic E-state index is 11.9. The maximum Gasteiger partial charge on any atom is 0.230 e. The monoisotopic (exact) mass is 214 g/mol. The Morgan fingerprint density at radius 2 is 1.81 bits per heavy atom. The summed E-state index contributed by atoms with van der Waals surface area (Å²) in [5.74, 6) is -0.0977. The van der Waals surface area contributed by atoms with Gasteiger partial charge in [-0.1, -0.05) is 30.3 Å². The lowest BCUT2D eigenvalue weighted by atomic mass is 10.1. The molecule has 80 valence electrons. The second kappa shape index (κ2) is 3.98. The lowest BCUT2D eigenvalue weighted by Gasteiger charge is -2.02. The summed E-state index contributed by atoms with van der Waals surface area (Å²) in [6.07, 6.45) is 1.33. The van der Waals surface area contributed by atoms with Gasteiger partial charge in [-0.05, 0) is 0 Å². The van der Waals surface area contributed by atoms with Gasteiger partial charge in [-0.3, -0.25) is 4.79 Å². The van der Waals surface area contributed by atoms with E-state index in [9.17, 15) is 4.79 Å². The molecule has 1 aromatic carbocycles. The number of benzene rings is 1. The zero-order chi connectivity index (χ0) is 11.5. The molecule has 0 radical (unpaired) electrons. The van der Waals surface area contributed by atoms with Crippen molar-refractivity contribution in [3.8, 4) is 0 Å². The van der Waals surface area contributed by atoms with E-state index in [2.05, 4.69) is 9.97 Å². The first-order chi connectivity index (χ1) is 7.68. The molecule has 5 nitrogen and oxygen atoms in total. The third-order valence-corrected chi connectivity index (χ3v) is 2.09. The van der Waals surface area contributed by atoms with E-state index in [1.165, 1.54) is 6.20 Å². The number of rotatable bonds is 2. The quantitative estimate of drug-likeness (QED) is 0.723. The van der Waals surface area contributed by atoms with Gasteiger partial charge in [-0.15, -0.1) is 0 Å². The molecule has 0 aliphatic heterocycles. The molecule has 0 spiro atoms. The summed E-state index contributed by atoms with van der Waals surface area (Å²) in [6, 6.07) is 8.76. The van der Waals surface area contributed by atoms with E-state index in [4.69, 9.17) is 11.5 Å².